The van der Waals surface area contributed by atoms with Gasteiger partial charge < -0.3 is 10.2 Å². The fraction of sp³-hybridized carbons (Fsp3) is 0.400. The number of aliphatic hydroxyl groups excluding tert-OH is 2. The largest absolute Gasteiger partial charge is 0.381 e. The monoisotopic (exact) mass is 164 g/mol. The highest BCUT2D eigenvalue weighted by atomic mass is 16.3. The van der Waals surface area contributed by atoms with Crippen molar-refractivity contribution in [2.75, 3.05) is 0 Å². The molecule has 2 atom stereocenters. The maximum absolute atomic E-state index is 8.71. The zero-order chi connectivity index (χ0) is 9.40. The molecule has 0 amide bonds. The Morgan fingerprint density at radius 3 is 1.50 bits per heavy atom. The molecule has 2 N–H and O–H groups in total. The van der Waals surface area contributed by atoms with Crippen LogP contribution in [0.15, 0.2) is 12.2 Å². The van der Waals surface area contributed by atoms with E-state index < -0.39 is 12.2 Å². The summed E-state index contributed by atoms with van der Waals surface area (Å²) in [5.74, 6) is 10.2. The molecule has 0 fully saturated rings. The van der Waals surface area contributed by atoms with Crippen molar-refractivity contribution in [1.82, 2.24) is 0 Å². The van der Waals surface area contributed by atoms with Gasteiger partial charge >= 0.3 is 0 Å². The van der Waals surface area contributed by atoms with E-state index in [1.54, 1.807) is 13.8 Å². The highest BCUT2D eigenvalue weighted by Gasteiger charge is 1.80. The van der Waals surface area contributed by atoms with Crippen LogP contribution in [0.1, 0.15) is 13.8 Å². The third-order valence-electron chi connectivity index (χ3n) is 0.834. The van der Waals surface area contributed by atoms with Gasteiger partial charge in [-0.3, -0.25) is 0 Å². The molecule has 12 heavy (non-hydrogen) atoms. The first kappa shape index (κ1) is 10.8. The third-order valence-corrected chi connectivity index (χ3v) is 0.834. The molecule has 0 rings (SSSR count). The van der Waals surface area contributed by atoms with Gasteiger partial charge in [0.2, 0.25) is 0 Å². The average molecular weight is 164 g/mol. The lowest BCUT2D eigenvalue weighted by Gasteiger charge is -1.84. The number of rotatable bonds is 0. The molecule has 2 nitrogen and oxygen atoms in total. The second kappa shape index (κ2) is 6.49. The third kappa shape index (κ3) is 8.78. The lowest BCUT2D eigenvalue weighted by atomic mass is 10.3. The number of hydrogen-bond acceptors (Lipinski definition) is 2. The van der Waals surface area contributed by atoms with Crippen molar-refractivity contribution in [2.45, 2.75) is 26.1 Å². The van der Waals surface area contributed by atoms with E-state index in [0.29, 0.717) is 0 Å². The molecule has 0 bridgehead atoms. The van der Waals surface area contributed by atoms with Crippen LogP contribution in [0, 0.1) is 23.7 Å². The Morgan fingerprint density at radius 2 is 1.25 bits per heavy atom. The molecule has 2 heteroatoms. The second-order valence-corrected chi connectivity index (χ2v) is 2.26. The van der Waals surface area contributed by atoms with Crippen LogP contribution in [0.5, 0.6) is 0 Å². The summed E-state index contributed by atoms with van der Waals surface area (Å²) >= 11 is 0. The van der Waals surface area contributed by atoms with Gasteiger partial charge in [0, 0.05) is 0 Å². The van der Waals surface area contributed by atoms with E-state index >= 15 is 0 Å². The highest BCUT2D eigenvalue weighted by molar-refractivity contribution is 5.26. The van der Waals surface area contributed by atoms with Gasteiger partial charge in [-0.2, -0.15) is 0 Å². The lowest BCUT2D eigenvalue weighted by Crippen LogP contribution is -1.92. The van der Waals surface area contributed by atoms with Crippen LogP contribution in [-0.4, -0.2) is 22.4 Å². The van der Waals surface area contributed by atoms with Gasteiger partial charge in [0.05, 0.1) is 0 Å². The molecule has 0 saturated carbocycles. The van der Waals surface area contributed by atoms with E-state index in [1.165, 1.54) is 12.2 Å². The molecule has 0 heterocycles. The maximum Gasteiger partial charge on any atom is 0.112 e. The van der Waals surface area contributed by atoms with E-state index in [0.717, 1.165) is 0 Å². The zero-order valence-electron chi connectivity index (χ0n) is 7.20. The lowest BCUT2D eigenvalue weighted by molar-refractivity contribution is 0.253. The molecule has 0 aliphatic heterocycles. The minimum atomic E-state index is -0.612. The van der Waals surface area contributed by atoms with Crippen molar-refractivity contribution < 1.29 is 10.2 Å². The SMILES string of the molecule is CC(O)C#C/C=C\C#CC(C)O. The van der Waals surface area contributed by atoms with E-state index in [4.69, 9.17) is 10.2 Å². The summed E-state index contributed by atoms with van der Waals surface area (Å²) in [6.45, 7) is 3.17. The Morgan fingerprint density at radius 1 is 0.917 bits per heavy atom. The van der Waals surface area contributed by atoms with Crippen LogP contribution in [0.2, 0.25) is 0 Å². The topological polar surface area (TPSA) is 40.5 Å². The van der Waals surface area contributed by atoms with Gasteiger partial charge in [0.1, 0.15) is 12.2 Å². The van der Waals surface area contributed by atoms with Crippen LogP contribution < -0.4 is 0 Å². The molecule has 0 spiro atoms. The number of allylic oxidation sites excluding steroid dienone is 2. The first-order chi connectivity index (χ1) is 5.63. The summed E-state index contributed by atoms with van der Waals surface area (Å²) < 4.78 is 0. The number of hydrogen-bond donors (Lipinski definition) is 2. The molecule has 0 aromatic carbocycles. The first-order valence-electron chi connectivity index (χ1n) is 3.66. The zero-order valence-corrected chi connectivity index (χ0v) is 7.20. The summed E-state index contributed by atoms with van der Waals surface area (Å²) in [7, 11) is 0. The molecule has 2 unspecified atom stereocenters. The van der Waals surface area contributed by atoms with E-state index in [-0.39, 0.29) is 0 Å². The Labute approximate surface area is 72.9 Å². The summed E-state index contributed by atoms with van der Waals surface area (Å²) in [6.07, 6.45) is 1.84. The predicted molar refractivity (Wildman–Crippen MR) is 48.1 cm³/mol. The Hall–Kier alpha value is -1.22. The van der Waals surface area contributed by atoms with E-state index in [1.807, 2.05) is 0 Å². The van der Waals surface area contributed by atoms with Crippen LogP contribution in [0.4, 0.5) is 0 Å². The quantitative estimate of drug-likeness (QED) is 0.506. The summed E-state index contributed by atoms with van der Waals surface area (Å²) in [4.78, 5) is 0. The standard InChI is InChI=1S/C10H12O2/c1-9(11)7-5-3-4-6-8-10(2)12/h3-4,9-12H,1-2H3/b4-3-. The van der Waals surface area contributed by atoms with E-state index in [9.17, 15) is 0 Å². The van der Waals surface area contributed by atoms with Crippen molar-refractivity contribution >= 4 is 0 Å². The Balaban J connectivity index is 3.83. The van der Waals surface area contributed by atoms with Crippen molar-refractivity contribution in [3.05, 3.63) is 12.2 Å². The minimum absolute atomic E-state index is 0.612. The molecule has 0 aliphatic rings. The molecular formula is C10H12O2. The molecular weight excluding hydrogens is 152 g/mol. The van der Waals surface area contributed by atoms with Crippen molar-refractivity contribution in [3.8, 4) is 23.7 Å². The van der Waals surface area contributed by atoms with Crippen LogP contribution in [0.3, 0.4) is 0 Å². The van der Waals surface area contributed by atoms with Gasteiger partial charge in [-0.25, -0.2) is 0 Å². The summed E-state index contributed by atoms with van der Waals surface area (Å²) in [6, 6.07) is 0. The second-order valence-electron chi connectivity index (χ2n) is 2.26. The first-order valence-corrected chi connectivity index (χ1v) is 3.66. The number of aliphatic hydroxyl groups is 2. The van der Waals surface area contributed by atoms with Gasteiger partial charge in [-0.05, 0) is 26.0 Å². The van der Waals surface area contributed by atoms with Crippen LogP contribution >= 0.6 is 0 Å². The van der Waals surface area contributed by atoms with Gasteiger partial charge in [0.25, 0.3) is 0 Å². The van der Waals surface area contributed by atoms with Gasteiger partial charge in [0.15, 0.2) is 0 Å². The van der Waals surface area contributed by atoms with Crippen LogP contribution in [-0.2, 0) is 0 Å². The van der Waals surface area contributed by atoms with Crippen molar-refractivity contribution in [3.63, 3.8) is 0 Å². The molecule has 0 aromatic heterocycles. The fourth-order valence-corrected chi connectivity index (χ4v) is 0.421. The Kier molecular flexibility index (Phi) is 5.83. The van der Waals surface area contributed by atoms with Crippen molar-refractivity contribution in [1.29, 1.82) is 0 Å². The maximum atomic E-state index is 8.71. The normalized spacial score (nSPS) is 14.0. The smallest absolute Gasteiger partial charge is 0.112 e. The minimum Gasteiger partial charge on any atom is -0.381 e. The molecule has 0 saturated heterocycles. The summed E-state index contributed by atoms with van der Waals surface area (Å²) in [5, 5.41) is 17.4. The predicted octanol–water partition coefficient (Wildman–Crippen LogP) is 0.311. The highest BCUT2D eigenvalue weighted by Crippen LogP contribution is 1.75. The van der Waals surface area contributed by atoms with Crippen LogP contribution in [0.25, 0.3) is 0 Å². The summed E-state index contributed by atoms with van der Waals surface area (Å²) in [5.41, 5.74) is 0. The average Bonchev–Trinajstić information content (AvgIpc) is 1.95. The molecule has 0 aliphatic carbocycles. The van der Waals surface area contributed by atoms with Gasteiger partial charge in [-0.1, -0.05) is 23.7 Å². The van der Waals surface area contributed by atoms with E-state index in [2.05, 4.69) is 23.7 Å². The fourth-order valence-electron chi connectivity index (χ4n) is 0.421. The Bertz CT molecular complexity index is 225. The van der Waals surface area contributed by atoms with Crippen molar-refractivity contribution in [2.24, 2.45) is 0 Å². The molecule has 0 aromatic rings. The van der Waals surface area contributed by atoms with Gasteiger partial charge in [-0.15, -0.1) is 0 Å². The molecule has 64 valence electrons. The molecule has 0 radical (unpaired) electrons.